The van der Waals surface area contributed by atoms with Crippen molar-refractivity contribution in [3.63, 3.8) is 0 Å². The summed E-state index contributed by atoms with van der Waals surface area (Å²) >= 11 is 0. The number of benzene rings is 1. The van der Waals surface area contributed by atoms with Crippen LogP contribution in [0.3, 0.4) is 0 Å². The lowest BCUT2D eigenvalue weighted by Gasteiger charge is -2.32. The highest BCUT2D eigenvalue weighted by Crippen LogP contribution is 2.20. The summed E-state index contributed by atoms with van der Waals surface area (Å²) in [6.45, 7) is 5.79. The lowest BCUT2D eigenvalue weighted by molar-refractivity contribution is 0.227. The molecule has 18 heavy (non-hydrogen) atoms. The molecule has 4 nitrogen and oxygen atoms in total. The minimum Gasteiger partial charge on any atom is -0.381 e. The van der Waals surface area contributed by atoms with Crippen molar-refractivity contribution in [1.29, 1.82) is 0 Å². The molecule has 0 bridgehead atoms. The molecule has 0 radical (unpaired) electrons. The maximum Gasteiger partial charge on any atom is 0.0651 e. The van der Waals surface area contributed by atoms with E-state index in [-0.39, 0.29) is 0 Å². The van der Waals surface area contributed by atoms with Crippen LogP contribution in [-0.2, 0) is 0 Å². The van der Waals surface area contributed by atoms with Crippen LogP contribution < -0.4 is 5.32 Å². The van der Waals surface area contributed by atoms with Crippen molar-refractivity contribution in [3.05, 3.63) is 24.4 Å². The van der Waals surface area contributed by atoms with Gasteiger partial charge in [0.25, 0.3) is 0 Å². The fourth-order valence-corrected chi connectivity index (χ4v) is 2.73. The zero-order valence-corrected chi connectivity index (χ0v) is 10.8. The number of nitrogens with zero attached hydrogens (tertiary/aromatic N) is 2. The number of piperidine rings is 1. The van der Waals surface area contributed by atoms with Gasteiger partial charge in [-0.1, -0.05) is 6.92 Å². The van der Waals surface area contributed by atoms with Crippen molar-refractivity contribution in [1.82, 2.24) is 15.1 Å². The molecule has 96 valence electrons. The van der Waals surface area contributed by atoms with E-state index in [0.29, 0.717) is 6.04 Å². The summed E-state index contributed by atoms with van der Waals surface area (Å²) < 4.78 is 0. The molecule has 4 heteroatoms. The van der Waals surface area contributed by atoms with Crippen molar-refractivity contribution >= 4 is 16.6 Å². The van der Waals surface area contributed by atoms with E-state index in [1.54, 1.807) is 0 Å². The van der Waals surface area contributed by atoms with Crippen LogP contribution in [0.25, 0.3) is 10.9 Å². The first-order valence-corrected chi connectivity index (χ1v) is 6.77. The molecule has 3 rings (SSSR count). The van der Waals surface area contributed by atoms with Gasteiger partial charge in [-0.25, -0.2) is 0 Å². The normalized spacial score (nSPS) is 21.3. The minimum atomic E-state index is 0.572. The first kappa shape index (κ1) is 11.5. The van der Waals surface area contributed by atoms with E-state index in [4.69, 9.17) is 0 Å². The lowest BCUT2D eigenvalue weighted by atomic mass is 10.1. The van der Waals surface area contributed by atoms with Gasteiger partial charge in [0, 0.05) is 23.7 Å². The van der Waals surface area contributed by atoms with E-state index in [2.05, 4.69) is 45.5 Å². The van der Waals surface area contributed by atoms with Crippen LogP contribution in [0.4, 0.5) is 5.69 Å². The molecule has 0 aliphatic carbocycles. The molecule has 2 N–H and O–H groups in total. The molecular weight excluding hydrogens is 224 g/mol. The van der Waals surface area contributed by atoms with Gasteiger partial charge in [-0.3, -0.25) is 5.10 Å². The summed E-state index contributed by atoms with van der Waals surface area (Å²) in [7, 11) is 0. The second kappa shape index (κ2) is 4.98. The minimum absolute atomic E-state index is 0.572. The van der Waals surface area contributed by atoms with Gasteiger partial charge in [-0.05, 0) is 44.1 Å². The summed E-state index contributed by atoms with van der Waals surface area (Å²) in [5.41, 5.74) is 2.30. The molecule has 1 aliphatic rings. The van der Waals surface area contributed by atoms with Crippen LogP contribution >= 0.6 is 0 Å². The van der Waals surface area contributed by atoms with Crippen molar-refractivity contribution in [2.45, 2.75) is 25.8 Å². The van der Waals surface area contributed by atoms with E-state index in [1.807, 2.05) is 6.20 Å². The molecule has 1 saturated heterocycles. The first-order chi connectivity index (χ1) is 8.85. The highest BCUT2D eigenvalue weighted by Gasteiger charge is 2.18. The molecule has 1 fully saturated rings. The maximum atomic E-state index is 4.05. The quantitative estimate of drug-likeness (QED) is 0.871. The van der Waals surface area contributed by atoms with Gasteiger partial charge in [0.15, 0.2) is 0 Å². The largest absolute Gasteiger partial charge is 0.381 e. The van der Waals surface area contributed by atoms with E-state index in [0.717, 1.165) is 18.6 Å². The van der Waals surface area contributed by atoms with Crippen LogP contribution in [0, 0.1) is 0 Å². The third-order valence-electron chi connectivity index (χ3n) is 3.76. The number of H-pyrrole nitrogens is 1. The fraction of sp³-hybridized carbons (Fsp3) is 0.500. The molecule has 0 saturated carbocycles. The average Bonchev–Trinajstić information content (AvgIpc) is 2.86. The number of aromatic amines is 1. The Morgan fingerprint density at radius 2 is 2.44 bits per heavy atom. The Kier molecular flexibility index (Phi) is 3.19. The maximum absolute atomic E-state index is 4.05. The van der Waals surface area contributed by atoms with Gasteiger partial charge in [-0.15, -0.1) is 0 Å². The molecule has 0 spiro atoms. The monoisotopic (exact) mass is 244 g/mol. The highest BCUT2D eigenvalue weighted by atomic mass is 15.2. The van der Waals surface area contributed by atoms with E-state index >= 15 is 0 Å². The third kappa shape index (κ3) is 2.34. The predicted octanol–water partition coefficient (Wildman–Crippen LogP) is 2.46. The summed E-state index contributed by atoms with van der Waals surface area (Å²) in [5, 5.41) is 11.8. The SMILES string of the molecule is CCN1CCCC(Nc2ccc3[nH]ncc3c2)C1. The summed E-state index contributed by atoms with van der Waals surface area (Å²) in [4.78, 5) is 2.51. The number of fused-ring (bicyclic) bond motifs is 1. The van der Waals surface area contributed by atoms with Crippen molar-refractivity contribution in [2.24, 2.45) is 0 Å². The summed E-state index contributed by atoms with van der Waals surface area (Å²) in [6.07, 6.45) is 4.43. The molecule has 1 aromatic carbocycles. The Morgan fingerprint density at radius 3 is 3.33 bits per heavy atom. The fourth-order valence-electron chi connectivity index (χ4n) is 2.73. The van der Waals surface area contributed by atoms with E-state index < -0.39 is 0 Å². The number of hydrogen-bond acceptors (Lipinski definition) is 3. The molecular formula is C14H20N4. The van der Waals surface area contributed by atoms with E-state index in [1.165, 1.54) is 30.5 Å². The van der Waals surface area contributed by atoms with Gasteiger partial charge in [0.05, 0.1) is 11.7 Å². The second-order valence-corrected chi connectivity index (χ2v) is 5.05. The van der Waals surface area contributed by atoms with Gasteiger partial charge >= 0.3 is 0 Å². The highest BCUT2D eigenvalue weighted by molar-refractivity contribution is 5.81. The average molecular weight is 244 g/mol. The van der Waals surface area contributed by atoms with Crippen molar-refractivity contribution in [3.8, 4) is 0 Å². The lowest BCUT2D eigenvalue weighted by Crippen LogP contribution is -2.41. The first-order valence-electron chi connectivity index (χ1n) is 6.77. The topological polar surface area (TPSA) is 44.0 Å². The number of hydrogen-bond donors (Lipinski definition) is 2. The second-order valence-electron chi connectivity index (χ2n) is 5.05. The van der Waals surface area contributed by atoms with Gasteiger partial charge < -0.3 is 10.2 Å². The van der Waals surface area contributed by atoms with Crippen LogP contribution in [0.5, 0.6) is 0 Å². The number of likely N-dealkylation sites (N-methyl/N-ethyl adjacent to an activating group) is 1. The number of aromatic nitrogens is 2. The molecule has 1 atom stereocenters. The summed E-state index contributed by atoms with van der Waals surface area (Å²) in [5.74, 6) is 0. The third-order valence-corrected chi connectivity index (χ3v) is 3.76. The van der Waals surface area contributed by atoms with Gasteiger partial charge in [0.1, 0.15) is 0 Å². The molecule has 1 aliphatic heterocycles. The Hall–Kier alpha value is -1.55. The molecule has 0 amide bonds. The molecule has 1 aromatic heterocycles. The van der Waals surface area contributed by atoms with Gasteiger partial charge in [-0.2, -0.15) is 5.10 Å². The molecule has 2 aromatic rings. The number of likely N-dealkylation sites (tertiary alicyclic amines) is 1. The van der Waals surface area contributed by atoms with Crippen LogP contribution in [0.15, 0.2) is 24.4 Å². The summed E-state index contributed by atoms with van der Waals surface area (Å²) in [6, 6.07) is 6.96. The van der Waals surface area contributed by atoms with E-state index in [9.17, 15) is 0 Å². The Morgan fingerprint density at radius 1 is 1.50 bits per heavy atom. The molecule has 2 heterocycles. The molecule has 1 unspecified atom stereocenters. The smallest absolute Gasteiger partial charge is 0.0651 e. The zero-order chi connectivity index (χ0) is 12.4. The predicted molar refractivity (Wildman–Crippen MR) is 74.9 cm³/mol. The Bertz CT molecular complexity index is 519. The standard InChI is InChI=1S/C14H20N4/c1-2-18-7-3-4-13(10-18)16-12-5-6-14-11(8-12)9-15-17-14/h5-6,8-9,13,16H,2-4,7,10H2,1H3,(H,15,17). The number of rotatable bonds is 3. The van der Waals surface area contributed by atoms with Crippen LogP contribution in [0.1, 0.15) is 19.8 Å². The Labute approximate surface area is 107 Å². The van der Waals surface area contributed by atoms with Crippen molar-refractivity contribution < 1.29 is 0 Å². The van der Waals surface area contributed by atoms with Crippen LogP contribution in [-0.4, -0.2) is 40.8 Å². The van der Waals surface area contributed by atoms with Gasteiger partial charge in [0.2, 0.25) is 0 Å². The Balaban J connectivity index is 1.71. The zero-order valence-electron chi connectivity index (χ0n) is 10.8. The number of nitrogens with one attached hydrogen (secondary N) is 2. The van der Waals surface area contributed by atoms with Crippen LogP contribution in [0.2, 0.25) is 0 Å². The van der Waals surface area contributed by atoms with Crippen molar-refractivity contribution in [2.75, 3.05) is 25.0 Å². The number of anilines is 1.